The van der Waals surface area contributed by atoms with Gasteiger partial charge in [-0.05, 0) is 29.4 Å². The number of rotatable bonds is 2. The van der Waals surface area contributed by atoms with Crippen LogP contribution in [0.25, 0.3) is 0 Å². The minimum Gasteiger partial charge on any atom is -0.393 e. The Labute approximate surface area is 121 Å². The number of hydrogen-bond donors (Lipinski definition) is 1. The van der Waals surface area contributed by atoms with Gasteiger partial charge in [0.25, 0.3) is 0 Å². The standard InChI is InChI=1S/C17H24N2O/c1-17(2,3)14-6-4-13(5-7-14)16(12-18)19-10-8-15(20)9-11-19/h4-7,15-16,20H,8-11H2,1-3H3. The van der Waals surface area contributed by atoms with E-state index in [4.69, 9.17) is 0 Å². The highest BCUT2D eigenvalue weighted by Gasteiger charge is 2.25. The molecule has 0 aromatic heterocycles. The zero-order chi connectivity index (χ0) is 14.8. The first-order valence-electron chi connectivity index (χ1n) is 7.34. The highest BCUT2D eigenvalue weighted by molar-refractivity contribution is 5.31. The fraction of sp³-hybridized carbons (Fsp3) is 0.588. The van der Waals surface area contributed by atoms with Gasteiger partial charge < -0.3 is 5.11 Å². The molecule has 1 fully saturated rings. The Morgan fingerprint density at radius 3 is 2.20 bits per heavy atom. The summed E-state index contributed by atoms with van der Waals surface area (Å²) in [5.74, 6) is 0. The summed E-state index contributed by atoms with van der Waals surface area (Å²) in [4.78, 5) is 2.17. The Hall–Kier alpha value is -1.37. The number of nitrogens with zero attached hydrogens (tertiary/aromatic N) is 2. The lowest BCUT2D eigenvalue weighted by Crippen LogP contribution is -2.38. The molecule has 1 N–H and O–H groups in total. The number of hydrogen-bond acceptors (Lipinski definition) is 3. The molecule has 0 bridgehead atoms. The first-order chi connectivity index (χ1) is 9.41. The monoisotopic (exact) mass is 272 g/mol. The van der Waals surface area contributed by atoms with Crippen molar-refractivity contribution in [2.75, 3.05) is 13.1 Å². The topological polar surface area (TPSA) is 47.3 Å². The third-order valence-corrected chi connectivity index (χ3v) is 4.08. The van der Waals surface area contributed by atoms with Crippen molar-refractivity contribution in [3.63, 3.8) is 0 Å². The third-order valence-electron chi connectivity index (χ3n) is 4.08. The molecule has 0 aliphatic carbocycles. The molecule has 1 aromatic carbocycles. The second kappa shape index (κ2) is 5.95. The maximum Gasteiger partial charge on any atom is 0.123 e. The minimum atomic E-state index is -0.200. The summed E-state index contributed by atoms with van der Waals surface area (Å²) in [6, 6.07) is 10.6. The van der Waals surface area contributed by atoms with Crippen LogP contribution in [-0.4, -0.2) is 29.2 Å². The molecule has 1 atom stereocenters. The van der Waals surface area contributed by atoms with Gasteiger partial charge in [-0.25, -0.2) is 0 Å². The molecule has 1 saturated heterocycles. The predicted octanol–water partition coefficient (Wildman–Crippen LogP) is 3.01. The number of aliphatic hydroxyl groups excluding tert-OH is 1. The van der Waals surface area contributed by atoms with Gasteiger partial charge in [0.05, 0.1) is 12.2 Å². The van der Waals surface area contributed by atoms with Crippen LogP contribution >= 0.6 is 0 Å². The molecular formula is C17H24N2O. The van der Waals surface area contributed by atoms with E-state index in [-0.39, 0.29) is 17.6 Å². The molecule has 1 aromatic rings. The van der Waals surface area contributed by atoms with Gasteiger partial charge in [0.15, 0.2) is 0 Å². The van der Waals surface area contributed by atoms with Crippen molar-refractivity contribution < 1.29 is 5.11 Å². The van der Waals surface area contributed by atoms with Crippen LogP contribution < -0.4 is 0 Å². The van der Waals surface area contributed by atoms with Crippen LogP contribution in [0.15, 0.2) is 24.3 Å². The van der Waals surface area contributed by atoms with Crippen LogP contribution in [0.3, 0.4) is 0 Å². The normalized spacial score (nSPS) is 19.6. The van der Waals surface area contributed by atoms with Gasteiger partial charge in [-0.1, -0.05) is 45.0 Å². The van der Waals surface area contributed by atoms with Crippen LogP contribution in [0.5, 0.6) is 0 Å². The van der Waals surface area contributed by atoms with Gasteiger partial charge in [-0.2, -0.15) is 5.26 Å². The maximum atomic E-state index is 9.57. The average Bonchev–Trinajstić information content (AvgIpc) is 2.41. The van der Waals surface area contributed by atoms with E-state index in [2.05, 4.69) is 56.0 Å². The number of aliphatic hydroxyl groups is 1. The van der Waals surface area contributed by atoms with Crippen molar-refractivity contribution in [3.8, 4) is 6.07 Å². The van der Waals surface area contributed by atoms with Crippen LogP contribution in [0.1, 0.15) is 50.8 Å². The largest absolute Gasteiger partial charge is 0.393 e. The summed E-state index contributed by atoms with van der Waals surface area (Å²) >= 11 is 0. The second-order valence-corrected chi connectivity index (χ2v) is 6.67. The van der Waals surface area contributed by atoms with E-state index >= 15 is 0 Å². The van der Waals surface area contributed by atoms with Crippen molar-refractivity contribution in [1.29, 1.82) is 5.26 Å². The summed E-state index contributed by atoms with van der Waals surface area (Å²) in [5.41, 5.74) is 2.47. The zero-order valence-corrected chi connectivity index (χ0v) is 12.6. The lowest BCUT2D eigenvalue weighted by atomic mass is 9.86. The molecule has 1 aliphatic rings. The van der Waals surface area contributed by atoms with Crippen molar-refractivity contribution in [2.45, 2.75) is 51.2 Å². The molecular weight excluding hydrogens is 248 g/mol. The molecule has 0 spiro atoms. The zero-order valence-electron chi connectivity index (χ0n) is 12.6. The Kier molecular flexibility index (Phi) is 4.47. The van der Waals surface area contributed by atoms with Gasteiger partial charge in [0, 0.05) is 13.1 Å². The maximum absolute atomic E-state index is 9.57. The molecule has 108 valence electrons. The smallest absolute Gasteiger partial charge is 0.123 e. The highest BCUT2D eigenvalue weighted by atomic mass is 16.3. The lowest BCUT2D eigenvalue weighted by Gasteiger charge is -2.33. The number of likely N-dealkylation sites (tertiary alicyclic amines) is 1. The van der Waals surface area contributed by atoms with Crippen LogP contribution in [0.4, 0.5) is 0 Å². The first-order valence-corrected chi connectivity index (χ1v) is 7.34. The first kappa shape index (κ1) is 15.0. The number of benzene rings is 1. The summed E-state index contributed by atoms with van der Waals surface area (Å²) in [6.07, 6.45) is 1.32. The van der Waals surface area contributed by atoms with Gasteiger partial charge >= 0.3 is 0 Å². The molecule has 1 heterocycles. The SMILES string of the molecule is CC(C)(C)c1ccc(C(C#N)N2CCC(O)CC2)cc1. The molecule has 3 heteroatoms. The molecule has 1 aliphatic heterocycles. The lowest BCUT2D eigenvalue weighted by molar-refractivity contribution is 0.0716. The average molecular weight is 272 g/mol. The summed E-state index contributed by atoms with van der Waals surface area (Å²) in [5, 5.41) is 19.0. The van der Waals surface area contributed by atoms with E-state index < -0.39 is 0 Å². The summed E-state index contributed by atoms with van der Waals surface area (Å²) in [6.45, 7) is 8.16. The van der Waals surface area contributed by atoms with Gasteiger partial charge in [0.1, 0.15) is 6.04 Å². The molecule has 20 heavy (non-hydrogen) atoms. The molecule has 1 unspecified atom stereocenters. The number of nitriles is 1. The molecule has 0 radical (unpaired) electrons. The quantitative estimate of drug-likeness (QED) is 0.900. The van der Waals surface area contributed by atoms with E-state index in [1.807, 2.05) is 0 Å². The van der Waals surface area contributed by atoms with Crippen molar-refractivity contribution in [2.24, 2.45) is 0 Å². The summed E-state index contributed by atoms with van der Waals surface area (Å²) in [7, 11) is 0. The molecule has 2 rings (SSSR count). The Morgan fingerprint density at radius 2 is 1.75 bits per heavy atom. The van der Waals surface area contributed by atoms with Crippen molar-refractivity contribution >= 4 is 0 Å². The predicted molar refractivity (Wildman–Crippen MR) is 80.3 cm³/mol. The van der Waals surface area contributed by atoms with Gasteiger partial charge in [0.2, 0.25) is 0 Å². The van der Waals surface area contributed by atoms with E-state index in [9.17, 15) is 10.4 Å². The van der Waals surface area contributed by atoms with Crippen molar-refractivity contribution in [1.82, 2.24) is 4.90 Å². The van der Waals surface area contributed by atoms with Crippen LogP contribution in [0, 0.1) is 11.3 Å². The van der Waals surface area contributed by atoms with E-state index in [0.29, 0.717) is 0 Å². The molecule has 0 amide bonds. The highest BCUT2D eigenvalue weighted by Crippen LogP contribution is 2.27. The Bertz CT molecular complexity index is 473. The van der Waals surface area contributed by atoms with E-state index in [0.717, 1.165) is 31.5 Å². The fourth-order valence-electron chi connectivity index (χ4n) is 2.68. The molecule has 3 nitrogen and oxygen atoms in total. The van der Waals surface area contributed by atoms with E-state index in [1.165, 1.54) is 5.56 Å². The van der Waals surface area contributed by atoms with Crippen LogP contribution in [-0.2, 0) is 5.41 Å². The van der Waals surface area contributed by atoms with Gasteiger partial charge in [-0.3, -0.25) is 4.90 Å². The fourth-order valence-corrected chi connectivity index (χ4v) is 2.68. The molecule has 0 saturated carbocycles. The van der Waals surface area contributed by atoms with E-state index in [1.54, 1.807) is 0 Å². The van der Waals surface area contributed by atoms with Gasteiger partial charge in [-0.15, -0.1) is 0 Å². The minimum absolute atomic E-state index is 0.135. The Morgan fingerprint density at radius 1 is 1.20 bits per heavy atom. The second-order valence-electron chi connectivity index (χ2n) is 6.67. The van der Waals surface area contributed by atoms with Crippen molar-refractivity contribution in [3.05, 3.63) is 35.4 Å². The Balaban J connectivity index is 2.14. The third kappa shape index (κ3) is 3.39. The van der Waals surface area contributed by atoms with Crippen LogP contribution in [0.2, 0.25) is 0 Å². The summed E-state index contributed by atoms with van der Waals surface area (Å²) < 4.78 is 0. The number of piperidine rings is 1.